The van der Waals surface area contributed by atoms with Crippen LogP contribution in [0.1, 0.15) is 18.4 Å². The van der Waals surface area contributed by atoms with Crippen molar-refractivity contribution in [3.63, 3.8) is 0 Å². The molecule has 1 aliphatic rings. The number of likely N-dealkylation sites (tertiary alicyclic amines) is 1. The largest absolute Gasteiger partial charge is 0.347 e. The van der Waals surface area contributed by atoms with Crippen LogP contribution in [0, 0.1) is 5.82 Å². The molecule has 23 heavy (non-hydrogen) atoms. The highest BCUT2D eigenvalue weighted by molar-refractivity contribution is 5.86. The number of amides is 2. The maximum Gasteiger partial charge on any atom is 0.242 e. The minimum absolute atomic E-state index is 0. The second-order valence-electron chi connectivity index (χ2n) is 5.55. The van der Waals surface area contributed by atoms with Crippen LogP contribution in [0.15, 0.2) is 24.3 Å². The Kier molecular flexibility index (Phi) is 7.98. The van der Waals surface area contributed by atoms with Gasteiger partial charge < -0.3 is 15.5 Å². The zero-order valence-corrected chi connectivity index (χ0v) is 14.0. The summed E-state index contributed by atoms with van der Waals surface area (Å²) in [6.45, 7) is 1.40. The fourth-order valence-corrected chi connectivity index (χ4v) is 2.62. The van der Waals surface area contributed by atoms with Gasteiger partial charge in [0.15, 0.2) is 0 Å². The van der Waals surface area contributed by atoms with Crippen molar-refractivity contribution in [2.45, 2.75) is 25.3 Å². The molecule has 2 rings (SSSR count). The lowest BCUT2D eigenvalue weighted by molar-refractivity contribution is -0.133. The van der Waals surface area contributed by atoms with Gasteiger partial charge in [-0.15, -0.1) is 12.4 Å². The van der Waals surface area contributed by atoms with Crippen molar-refractivity contribution in [3.8, 4) is 0 Å². The monoisotopic (exact) mass is 343 g/mol. The summed E-state index contributed by atoms with van der Waals surface area (Å²) in [5, 5.41) is 5.78. The number of benzene rings is 1. The molecular formula is C16H23ClFN3O2. The number of likely N-dealkylation sites (N-methyl/N-ethyl adjacent to an activating group) is 1. The molecular weight excluding hydrogens is 321 g/mol. The minimum atomic E-state index is -0.368. The summed E-state index contributed by atoms with van der Waals surface area (Å²) in [7, 11) is 1.89. The topological polar surface area (TPSA) is 61.4 Å². The van der Waals surface area contributed by atoms with Crippen molar-refractivity contribution in [1.82, 2.24) is 15.5 Å². The van der Waals surface area contributed by atoms with Gasteiger partial charge in [0.2, 0.25) is 11.8 Å². The maximum atomic E-state index is 13.0. The van der Waals surface area contributed by atoms with E-state index in [4.69, 9.17) is 0 Å². The molecule has 1 atom stereocenters. The third kappa shape index (κ3) is 6.15. The van der Waals surface area contributed by atoms with E-state index < -0.39 is 0 Å². The number of carbonyl (C=O) groups is 2. The standard InChI is InChI=1S/C16H22FN3O2.ClH/c1-18-14-6-3-7-20(11-14)16(22)10-19-15(21)9-12-4-2-5-13(17)8-12;/h2,4-5,8,14,18H,3,6-7,9-11H2,1H3,(H,19,21);1H. The van der Waals surface area contributed by atoms with E-state index in [1.807, 2.05) is 7.05 Å². The van der Waals surface area contributed by atoms with E-state index in [1.54, 1.807) is 17.0 Å². The van der Waals surface area contributed by atoms with Crippen molar-refractivity contribution in [2.75, 3.05) is 26.7 Å². The van der Waals surface area contributed by atoms with Gasteiger partial charge in [-0.2, -0.15) is 0 Å². The number of piperidine rings is 1. The van der Waals surface area contributed by atoms with Gasteiger partial charge in [-0.25, -0.2) is 4.39 Å². The van der Waals surface area contributed by atoms with Crippen molar-refractivity contribution >= 4 is 24.2 Å². The molecule has 1 aromatic carbocycles. The number of nitrogens with one attached hydrogen (secondary N) is 2. The molecule has 2 amide bonds. The molecule has 2 N–H and O–H groups in total. The van der Waals surface area contributed by atoms with Gasteiger partial charge >= 0.3 is 0 Å². The summed E-state index contributed by atoms with van der Waals surface area (Å²) in [6.07, 6.45) is 2.10. The van der Waals surface area contributed by atoms with Gasteiger partial charge in [-0.05, 0) is 37.6 Å². The van der Waals surface area contributed by atoms with E-state index in [2.05, 4.69) is 10.6 Å². The number of halogens is 2. The molecule has 1 fully saturated rings. The van der Waals surface area contributed by atoms with Gasteiger partial charge in [0.25, 0.3) is 0 Å². The molecule has 1 aliphatic heterocycles. The van der Waals surface area contributed by atoms with Crippen LogP contribution in [0.2, 0.25) is 0 Å². The molecule has 5 nitrogen and oxygen atoms in total. The molecule has 0 aromatic heterocycles. The van der Waals surface area contributed by atoms with E-state index in [9.17, 15) is 14.0 Å². The van der Waals surface area contributed by atoms with Crippen molar-refractivity contribution in [2.24, 2.45) is 0 Å². The number of rotatable bonds is 5. The third-order valence-corrected chi connectivity index (χ3v) is 3.87. The Morgan fingerprint density at radius 3 is 2.87 bits per heavy atom. The zero-order chi connectivity index (χ0) is 15.9. The van der Waals surface area contributed by atoms with Crippen molar-refractivity contribution < 1.29 is 14.0 Å². The highest BCUT2D eigenvalue weighted by Gasteiger charge is 2.22. The van der Waals surface area contributed by atoms with Crippen LogP contribution >= 0.6 is 12.4 Å². The Morgan fingerprint density at radius 2 is 2.17 bits per heavy atom. The Morgan fingerprint density at radius 1 is 1.39 bits per heavy atom. The molecule has 7 heteroatoms. The number of hydrogen-bond acceptors (Lipinski definition) is 3. The van der Waals surface area contributed by atoms with Gasteiger partial charge in [0.05, 0.1) is 13.0 Å². The third-order valence-electron chi connectivity index (χ3n) is 3.87. The summed E-state index contributed by atoms with van der Waals surface area (Å²) in [6, 6.07) is 6.23. The van der Waals surface area contributed by atoms with Gasteiger partial charge in [0, 0.05) is 19.1 Å². The molecule has 1 heterocycles. The summed E-state index contributed by atoms with van der Waals surface area (Å²) in [5.41, 5.74) is 0.596. The first-order valence-corrected chi connectivity index (χ1v) is 7.54. The van der Waals surface area contributed by atoms with Gasteiger partial charge in [0.1, 0.15) is 5.82 Å². The lowest BCUT2D eigenvalue weighted by atomic mass is 10.1. The van der Waals surface area contributed by atoms with Crippen molar-refractivity contribution in [1.29, 1.82) is 0 Å². The predicted molar refractivity (Wildman–Crippen MR) is 89.0 cm³/mol. The molecule has 0 bridgehead atoms. The molecule has 1 unspecified atom stereocenters. The number of nitrogens with zero attached hydrogens (tertiary/aromatic N) is 1. The van der Waals surface area contributed by atoms with E-state index in [1.165, 1.54) is 12.1 Å². The molecule has 0 aliphatic carbocycles. The summed E-state index contributed by atoms with van der Waals surface area (Å²) >= 11 is 0. The maximum absolute atomic E-state index is 13.0. The Hall–Kier alpha value is -1.66. The Bertz CT molecular complexity index is 542. The first kappa shape index (κ1) is 19.4. The molecule has 0 saturated carbocycles. The summed E-state index contributed by atoms with van der Waals surface area (Å²) in [4.78, 5) is 25.7. The van der Waals surface area contributed by atoms with Crippen LogP contribution in [0.3, 0.4) is 0 Å². The van der Waals surface area contributed by atoms with E-state index >= 15 is 0 Å². The molecule has 1 saturated heterocycles. The second kappa shape index (κ2) is 9.47. The van der Waals surface area contributed by atoms with E-state index in [0.717, 1.165) is 19.4 Å². The van der Waals surface area contributed by atoms with Gasteiger partial charge in [-0.3, -0.25) is 9.59 Å². The van der Waals surface area contributed by atoms with Crippen LogP contribution < -0.4 is 10.6 Å². The van der Waals surface area contributed by atoms with Crippen LogP contribution in [-0.4, -0.2) is 49.4 Å². The van der Waals surface area contributed by atoms with E-state index in [0.29, 0.717) is 18.2 Å². The number of hydrogen-bond donors (Lipinski definition) is 2. The average molecular weight is 344 g/mol. The lowest BCUT2D eigenvalue weighted by Gasteiger charge is -2.32. The highest BCUT2D eigenvalue weighted by Crippen LogP contribution is 2.09. The Balaban J connectivity index is 0.00000264. The fourth-order valence-electron chi connectivity index (χ4n) is 2.62. The SMILES string of the molecule is CNC1CCCN(C(=O)CNC(=O)Cc2cccc(F)c2)C1.Cl. The normalized spacial score (nSPS) is 17.3. The van der Waals surface area contributed by atoms with E-state index in [-0.39, 0.29) is 43.0 Å². The molecule has 1 aromatic rings. The lowest BCUT2D eigenvalue weighted by Crippen LogP contribution is -2.49. The average Bonchev–Trinajstić information content (AvgIpc) is 2.52. The van der Waals surface area contributed by atoms with Crippen molar-refractivity contribution in [3.05, 3.63) is 35.6 Å². The summed E-state index contributed by atoms with van der Waals surface area (Å²) < 4.78 is 13.0. The highest BCUT2D eigenvalue weighted by atomic mass is 35.5. The second-order valence-corrected chi connectivity index (χ2v) is 5.55. The first-order chi connectivity index (χ1) is 10.6. The zero-order valence-electron chi connectivity index (χ0n) is 13.2. The molecule has 0 radical (unpaired) electrons. The van der Waals surface area contributed by atoms with Crippen LogP contribution in [0.4, 0.5) is 4.39 Å². The first-order valence-electron chi connectivity index (χ1n) is 7.54. The predicted octanol–water partition coefficient (Wildman–Crippen LogP) is 1.12. The quantitative estimate of drug-likeness (QED) is 0.842. The number of carbonyl (C=O) groups excluding carboxylic acids is 2. The van der Waals surface area contributed by atoms with Gasteiger partial charge in [-0.1, -0.05) is 12.1 Å². The molecule has 128 valence electrons. The van der Waals surface area contributed by atoms with Crippen LogP contribution in [0.25, 0.3) is 0 Å². The smallest absolute Gasteiger partial charge is 0.242 e. The molecule has 0 spiro atoms. The fraction of sp³-hybridized carbons (Fsp3) is 0.500. The Labute approximate surface area is 142 Å². The summed E-state index contributed by atoms with van der Waals surface area (Å²) in [5.74, 6) is -0.721. The van der Waals surface area contributed by atoms with Crippen LogP contribution in [-0.2, 0) is 16.0 Å². The van der Waals surface area contributed by atoms with Crippen LogP contribution in [0.5, 0.6) is 0 Å². The minimum Gasteiger partial charge on any atom is -0.347 e.